The standard InChI is InChI=1S/C11H20N4O3S/c1-9-13-11(18-14-9)7-12-6-10-4-3-5-15(8-10)19(2,16)17/h10,12H,3-8H2,1-2H3. The lowest BCUT2D eigenvalue weighted by molar-refractivity contribution is 0.257. The van der Waals surface area contributed by atoms with Gasteiger partial charge in [-0.25, -0.2) is 12.7 Å². The Kier molecular flexibility index (Phi) is 4.54. The Morgan fingerprint density at radius 3 is 2.95 bits per heavy atom. The van der Waals surface area contributed by atoms with Crippen molar-refractivity contribution in [2.45, 2.75) is 26.3 Å². The van der Waals surface area contributed by atoms with Crippen molar-refractivity contribution < 1.29 is 12.9 Å². The van der Waals surface area contributed by atoms with Gasteiger partial charge in [0.2, 0.25) is 15.9 Å². The van der Waals surface area contributed by atoms with E-state index in [9.17, 15) is 8.42 Å². The monoisotopic (exact) mass is 288 g/mol. The van der Waals surface area contributed by atoms with Gasteiger partial charge in [-0.2, -0.15) is 4.98 Å². The normalized spacial score (nSPS) is 21.7. The molecule has 2 heterocycles. The van der Waals surface area contributed by atoms with E-state index in [1.165, 1.54) is 6.26 Å². The van der Waals surface area contributed by atoms with Crippen LogP contribution in [0.25, 0.3) is 0 Å². The van der Waals surface area contributed by atoms with Gasteiger partial charge in [0.05, 0.1) is 12.8 Å². The molecular weight excluding hydrogens is 268 g/mol. The number of nitrogens with zero attached hydrogens (tertiary/aromatic N) is 3. The maximum Gasteiger partial charge on any atom is 0.240 e. The van der Waals surface area contributed by atoms with E-state index in [0.717, 1.165) is 19.4 Å². The summed E-state index contributed by atoms with van der Waals surface area (Å²) in [7, 11) is -3.07. The average Bonchev–Trinajstić information content (AvgIpc) is 2.74. The Morgan fingerprint density at radius 1 is 1.53 bits per heavy atom. The lowest BCUT2D eigenvalue weighted by Crippen LogP contribution is -2.42. The van der Waals surface area contributed by atoms with Crippen LogP contribution in [0.1, 0.15) is 24.6 Å². The Morgan fingerprint density at radius 2 is 2.32 bits per heavy atom. The van der Waals surface area contributed by atoms with Crippen LogP contribution in [0.2, 0.25) is 0 Å². The highest BCUT2D eigenvalue weighted by molar-refractivity contribution is 7.88. The molecule has 0 radical (unpaired) electrons. The highest BCUT2D eigenvalue weighted by Gasteiger charge is 2.25. The second-order valence-corrected chi connectivity index (χ2v) is 6.98. The number of aromatic nitrogens is 2. The third-order valence-electron chi connectivity index (χ3n) is 3.23. The van der Waals surface area contributed by atoms with E-state index in [-0.39, 0.29) is 0 Å². The SMILES string of the molecule is Cc1noc(CNCC2CCCN(S(C)(=O)=O)C2)n1. The molecule has 7 nitrogen and oxygen atoms in total. The second kappa shape index (κ2) is 5.98. The number of rotatable bonds is 5. The largest absolute Gasteiger partial charge is 0.338 e. The van der Waals surface area contributed by atoms with Crippen molar-refractivity contribution in [3.05, 3.63) is 11.7 Å². The smallest absolute Gasteiger partial charge is 0.240 e. The maximum absolute atomic E-state index is 11.5. The van der Waals surface area contributed by atoms with E-state index in [2.05, 4.69) is 15.5 Å². The second-order valence-electron chi connectivity index (χ2n) is 5.00. The van der Waals surface area contributed by atoms with Gasteiger partial charge < -0.3 is 9.84 Å². The summed E-state index contributed by atoms with van der Waals surface area (Å²) in [5.41, 5.74) is 0. The lowest BCUT2D eigenvalue weighted by atomic mass is 10.00. The molecule has 1 fully saturated rings. The van der Waals surface area contributed by atoms with Gasteiger partial charge in [-0.1, -0.05) is 5.16 Å². The van der Waals surface area contributed by atoms with Crippen molar-refractivity contribution in [3.8, 4) is 0 Å². The number of hydrogen-bond donors (Lipinski definition) is 1. The maximum atomic E-state index is 11.5. The molecule has 1 aliphatic heterocycles. The minimum absolute atomic E-state index is 0.340. The summed E-state index contributed by atoms with van der Waals surface area (Å²) in [6, 6.07) is 0. The Hall–Kier alpha value is -0.990. The Labute approximate surface area is 113 Å². The number of hydrogen-bond acceptors (Lipinski definition) is 6. The lowest BCUT2D eigenvalue weighted by Gasteiger charge is -2.30. The summed E-state index contributed by atoms with van der Waals surface area (Å²) in [5.74, 6) is 1.53. The molecule has 8 heteroatoms. The van der Waals surface area contributed by atoms with Crippen molar-refractivity contribution in [2.75, 3.05) is 25.9 Å². The van der Waals surface area contributed by atoms with Crippen LogP contribution in [0, 0.1) is 12.8 Å². The fourth-order valence-corrected chi connectivity index (χ4v) is 3.23. The van der Waals surface area contributed by atoms with Crippen LogP contribution < -0.4 is 5.32 Å². The molecule has 1 unspecified atom stereocenters. The summed E-state index contributed by atoms with van der Waals surface area (Å²) in [4.78, 5) is 4.10. The zero-order valence-corrected chi connectivity index (χ0v) is 12.1. The summed E-state index contributed by atoms with van der Waals surface area (Å²) in [6.45, 7) is 4.29. The summed E-state index contributed by atoms with van der Waals surface area (Å²) in [5, 5.41) is 6.95. The highest BCUT2D eigenvalue weighted by Crippen LogP contribution is 2.17. The molecule has 1 N–H and O–H groups in total. The summed E-state index contributed by atoms with van der Waals surface area (Å²) >= 11 is 0. The van der Waals surface area contributed by atoms with E-state index in [0.29, 0.717) is 37.3 Å². The fourth-order valence-electron chi connectivity index (χ4n) is 2.29. The van der Waals surface area contributed by atoms with Crippen LogP contribution in [-0.2, 0) is 16.6 Å². The van der Waals surface area contributed by atoms with Gasteiger partial charge in [0.1, 0.15) is 0 Å². The van der Waals surface area contributed by atoms with Crippen LogP contribution in [0.4, 0.5) is 0 Å². The molecular formula is C11H20N4O3S. The number of nitrogens with one attached hydrogen (secondary N) is 1. The molecule has 0 aliphatic carbocycles. The van der Waals surface area contributed by atoms with Gasteiger partial charge in [-0.15, -0.1) is 0 Å². The minimum Gasteiger partial charge on any atom is -0.338 e. The number of piperidine rings is 1. The first-order valence-electron chi connectivity index (χ1n) is 6.40. The van der Waals surface area contributed by atoms with E-state index in [1.807, 2.05) is 0 Å². The molecule has 19 heavy (non-hydrogen) atoms. The first-order chi connectivity index (χ1) is 8.95. The van der Waals surface area contributed by atoms with E-state index >= 15 is 0 Å². The van der Waals surface area contributed by atoms with Crippen molar-refractivity contribution in [1.82, 2.24) is 19.8 Å². The van der Waals surface area contributed by atoms with Crippen LogP contribution in [0.3, 0.4) is 0 Å². The first-order valence-corrected chi connectivity index (χ1v) is 8.25. The molecule has 0 bridgehead atoms. The first kappa shape index (κ1) is 14.4. The predicted octanol–water partition coefficient (Wildman–Crippen LogP) is 0.139. The minimum atomic E-state index is -3.07. The van der Waals surface area contributed by atoms with Crippen LogP contribution >= 0.6 is 0 Å². The van der Waals surface area contributed by atoms with Crippen LogP contribution in [0.15, 0.2) is 4.52 Å². The molecule has 0 aromatic carbocycles. The molecule has 1 aromatic heterocycles. The topological polar surface area (TPSA) is 88.3 Å². The molecule has 0 saturated carbocycles. The third kappa shape index (κ3) is 4.26. The highest BCUT2D eigenvalue weighted by atomic mass is 32.2. The van der Waals surface area contributed by atoms with E-state index < -0.39 is 10.0 Å². The van der Waals surface area contributed by atoms with Crippen molar-refractivity contribution in [2.24, 2.45) is 5.92 Å². The molecule has 2 rings (SSSR count). The van der Waals surface area contributed by atoms with Gasteiger partial charge in [0.25, 0.3) is 0 Å². The van der Waals surface area contributed by atoms with E-state index in [4.69, 9.17) is 4.52 Å². The van der Waals surface area contributed by atoms with Gasteiger partial charge >= 0.3 is 0 Å². The Bertz CT molecular complexity index is 514. The average molecular weight is 288 g/mol. The van der Waals surface area contributed by atoms with Crippen molar-refractivity contribution >= 4 is 10.0 Å². The van der Waals surface area contributed by atoms with Gasteiger partial charge in [-0.3, -0.25) is 0 Å². The quantitative estimate of drug-likeness (QED) is 0.829. The zero-order valence-electron chi connectivity index (χ0n) is 11.3. The molecule has 108 valence electrons. The number of sulfonamides is 1. The molecule has 0 spiro atoms. The Balaban J connectivity index is 1.77. The molecule has 1 aliphatic rings. The molecule has 0 amide bonds. The third-order valence-corrected chi connectivity index (χ3v) is 4.50. The molecule has 1 saturated heterocycles. The van der Waals surface area contributed by atoms with Crippen molar-refractivity contribution in [3.63, 3.8) is 0 Å². The summed E-state index contributed by atoms with van der Waals surface area (Å²) < 4.78 is 29.6. The molecule has 1 atom stereocenters. The van der Waals surface area contributed by atoms with Crippen LogP contribution in [-0.4, -0.2) is 48.8 Å². The van der Waals surface area contributed by atoms with Gasteiger partial charge in [0.15, 0.2) is 5.82 Å². The number of aryl methyl sites for hydroxylation is 1. The van der Waals surface area contributed by atoms with Gasteiger partial charge in [-0.05, 0) is 32.2 Å². The van der Waals surface area contributed by atoms with Gasteiger partial charge in [0, 0.05) is 13.1 Å². The summed E-state index contributed by atoms with van der Waals surface area (Å²) in [6.07, 6.45) is 3.23. The van der Waals surface area contributed by atoms with Crippen LogP contribution in [0.5, 0.6) is 0 Å². The fraction of sp³-hybridized carbons (Fsp3) is 0.818. The predicted molar refractivity (Wildman–Crippen MR) is 69.9 cm³/mol. The molecule has 1 aromatic rings. The zero-order chi connectivity index (χ0) is 13.9. The van der Waals surface area contributed by atoms with E-state index in [1.54, 1.807) is 11.2 Å². The van der Waals surface area contributed by atoms with Crippen molar-refractivity contribution in [1.29, 1.82) is 0 Å².